The number of benzene rings is 2. The van der Waals surface area contributed by atoms with Gasteiger partial charge in [-0.1, -0.05) is 61.5 Å². The Kier molecular flexibility index (Phi) is 2.69. The highest BCUT2D eigenvalue weighted by Crippen LogP contribution is 2.33. The van der Waals surface area contributed by atoms with Gasteiger partial charge in [0.1, 0.15) is 0 Å². The molecule has 3 rings (SSSR count). The summed E-state index contributed by atoms with van der Waals surface area (Å²) in [7, 11) is 0. The third-order valence-electron chi connectivity index (χ3n) is 3.60. The molecule has 0 amide bonds. The molecule has 1 heteroatoms. The van der Waals surface area contributed by atoms with Gasteiger partial charge in [0.15, 0.2) is 0 Å². The lowest BCUT2D eigenvalue weighted by Gasteiger charge is -2.31. The van der Waals surface area contributed by atoms with E-state index < -0.39 is 0 Å². The van der Waals surface area contributed by atoms with Gasteiger partial charge in [-0.05, 0) is 22.6 Å². The van der Waals surface area contributed by atoms with Crippen LogP contribution in [0.4, 0.5) is 0 Å². The summed E-state index contributed by atoms with van der Waals surface area (Å²) in [6.45, 7) is 3.34. The number of fused-ring (bicyclic) bond motifs is 1. The van der Waals surface area contributed by atoms with E-state index in [0.29, 0.717) is 12.0 Å². The zero-order valence-corrected chi connectivity index (χ0v) is 10.1. The minimum Gasteiger partial charge on any atom is -0.306 e. The molecule has 0 radical (unpaired) electrons. The Morgan fingerprint density at radius 3 is 2.29 bits per heavy atom. The molecule has 17 heavy (non-hydrogen) atoms. The number of hydrogen-bond donors (Lipinski definition) is 1. The van der Waals surface area contributed by atoms with Crippen molar-refractivity contribution in [2.24, 2.45) is 0 Å². The lowest BCUT2D eigenvalue weighted by Crippen LogP contribution is -2.32. The summed E-state index contributed by atoms with van der Waals surface area (Å²) in [4.78, 5) is 0. The zero-order valence-electron chi connectivity index (χ0n) is 10.1. The van der Waals surface area contributed by atoms with E-state index in [-0.39, 0.29) is 0 Å². The Morgan fingerprint density at radius 1 is 0.882 bits per heavy atom. The van der Waals surface area contributed by atoms with E-state index in [9.17, 15) is 0 Å². The van der Waals surface area contributed by atoms with Gasteiger partial charge >= 0.3 is 0 Å². The van der Waals surface area contributed by atoms with Crippen molar-refractivity contribution in [1.82, 2.24) is 5.32 Å². The summed E-state index contributed by atoms with van der Waals surface area (Å²) in [6, 6.07) is 19.8. The third kappa shape index (κ3) is 1.87. The zero-order chi connectivity index (χ0) is 11.7. The maximum absolute atomic E-state index is 3.64. The average molecular weight is 223 g/mol. The molecule has 2 atom stereocenters. The molecule has 0 saturated heterocycles. The van der Waals surface area contributed by atoms with Crippen LogP contribution >= 0.6 is 0 Å². The van der Waals surface area contributed by atoms with Crippen LogP contribution in [0.1, 0.15) is 35.6 Å². The van der Waals surface area contributed by atoms with Crippen molar-refractivity contribution in [2.45, 2.75) is 18.9 Å². The predicted octanol–water partition coefficient (Wildman–Crippen LogP) is 3.48. The van der Waals surface area contributed by atoms with Crippen LogP contribution in [-0.2, 0) is 0 Å². The summed E-state index contributed by atoms with van der Waals surface area (Å²) < 4.78 is 0. The molecule has 86 valence electrons. The third-order valence-corrected chi connectivity index (χ3v) is 3.60. The van der Waals surface area contributed by atoms with Crippen molar-refractivity contribution in [2.75, 3.05) is 6.54 Å². The first-order chi connectivity index (χ1) is 8.36. The van der Waals surface area contributed by atoms with Gasteiger partial charge in [0.05, 0.1) is 6.04 Å². The Labute approximate surface area is 102 Å². The van der Waals surface area contributed by atoms with E-state index in [0.717, 1.165) is 6.54 Å². The summed E-state index contributed by atoms with van der Waals surface area (Å²) in [6.07, 6.45) is 0. The van der Waals surface area contributed by atoms with E-state index in [1.807, 2.05) is 0 Å². The molecular formula is C16H17N. The van der Waals surface area contributed by atoms with Crippen LogP contribution in [0.5, 0.6) is 0 Å². The van der Waals surface area contributed by atoms with Crippen LogP contribution in [0.3, 0.4) is 0 Å². The summed E-state index contributed by atoms with van der Waals surface area (Å²) in [5, 5.41) is 3.64. The molecule has 1 aliphatic heterocycles. The van der Waals surface area contributed by atoms with Gasteiger partial charge < -0.3 is 5.32 Å². The van der Waals surface area contributed by atoms with Crippen LogP contribution in [0.25, 0.3) is 0 Å². The Morgan fingerprint density at radius 2 is 1.53 bits per heavy atom. The largest absolute Gasteiger partial charge is 0.306 e. The van der Waals surface area contributed by atoms with Crippen molar-refractivity contribution >= 4 is 0 Å². The first-order valence-electron chi connectivity index (χ1n) is 6.23. The molecule has 0 saturated carbocycles. The average Bonchev–Trinajstić information content (AvgIpc) is 2.41. The fourth-order valence-corrected chi connectivity index (χ4v) is 2.68. The van der Waals surface area contributed by atoms with E-state index in [2.05, 4.69) is 66.8 Å². The minimum atomic E-state index is 0.351. The van der Waals surface area contributed by atoms with E-state index in [4.69, 9.17) is 0 Å². The fourth-order valence-electron chi connectivity index (χ4n) is 2.68. The van der Waals surface area contributed by atoms with E-state index in [1.54, 1.807) is 0 Å². The van der Waals surface area contributed by atoms with Crippen LogP contribution in [-0.4, -0.2) is 6.54 Å². The normalized spacial score (nSPS) is 23.1. The molecule has 1 N–H and O–H groups in total. The molecule has 0 bridgehead atoms. The van der Waals surface area contributed by atoms with Crippen LogP contribution in [0, 0.1) is 0 Å². The van der Waals surface area contributed by atoms with Crippen molar-refractivity contribution in [3.05, 3.63) is 71.3 Å². The van der Waals surface area contributed by atoms with Crippen LogP contribution < -0.4 is 5.32 Å². The minimum absolute atomic E-state index is 0.351. The molecule has 0 aromatic heterocycles. The lowest BCUT2D eigenvalue weighted by atomic mass is 9.85. The van der Waals surface area contributed by atoms with Crippen LogP contribution in [0.15, 0.2) is 54.6 Å². The molecule has 0 spiro atoms. The molecule has 0 fully saturated rings. The molecular weight excluding hydrogens is 206 g/mol. The Bertz CT molecular complexity index is 504. The van der Waals surface area contributed by atoms with Gasteiger partial charge in [0, 0.05) is 6.54 Å². The van der Waals surface area contributed by atoms with Crippen molar-refractivity contribution in [3.63, 3.8) is 0 Å². The Balaban J connectivity index is 2.07. The summed E-state index contributed by atoms with van der Waals surface area (Å²) >= 11 is 0. The van der Waals surface area contributed by atoms with Crippen molar-refractivity contribution in [1.29, 1.82) is 0 Å². The van der Waals surface area contributed by atoms with Gasteiger partial charge in [-0.15, -0.1) is 0 Å². The number of nitrogens with one attached hydrogen (secondary N) is 1. The second-order valence-corrected chi connectivity index (χ2v) is 4.78. The molecule has 1 nitrogen and oxygen atoms in total. The fraction of sp³-hybridized carbons (Fsp3) is 0.250. The monoisotopic (exact) mass is 223 g/mol. The first-order valence-corrected chi connectivity index (χ1v) is 6.23. The standard InChI is InChI=1S/C16H17N/c1-12-11-17-16(13-7-3-2-4-8-13)15-10-6-5-9-14(12)15/h2-10,12,16-17H,11H2,1H3/t12-,16+/m0/s1. The van der Waals surface area contributed by atoms with Crippen molar-refractivity contribution < 1.29 is 0 Å². The molecule has 2 aromatic carbocycles. The van der Waals surface area contributed by atoms with Gasteiger partial charge in [-0.3, -0.25) is 0 Å². The van der Waals surface area contributed by atoms with Gasteiger partial charge in [0.25, 0.3) is 0 Å². The molecule has 0 aliphatic carbocycles. The topological polar surface area (TPSA) is 12.0 Å². The quantitative estimate of drug-likeness (QED) is 0.780. The van der Waals surface area contributed by atoms with Crippen molar-refractivity contribution in [3.8, 4) is 0 Å². The highest BCUT2D eigenvalue weighted by Gasteiger charge is 2.24. The summed E-state index contributed by atoms with van der Waals surface area (Å²) in [5.74, 6) is 0.603. The van der Waals surface area contributed by atoms with Gasteiger partial charge in [-0.25, -0.2) is 0 Å². The highest BCUT2D eigenvalue weighted by atomic mass is 14.9. The van der Waals surface area contributed by atoms with Gasteiger partial charge in [-0.2, -0.15) is 0 Å². The van der Waals surface area contributed by atoms with Gasteiger partial charge in [0.2, 0.25) is 0 Å². The smallest absolute Gasteiger partial charge is 0.0579 e. The predicted molar refractivity (Wildman–Crippen MR) is 71.1 cm³/mol. The second kappa shape index (κ2) is 4.34. The van der Waals surface area contributed by atoms with Crippen LogP contribution in [0.2, 0.25) is 0 Å². The SMILES string of the molecule is C[C@H]1CN[C@H](c2ccccc2)c2ccccc21. The molecule has 1 heterocycles. The first kappa shape index (κ1) is 10.5. The molecule has 2 aromatic rings. The molecule has 1 aliphatic rings. The van der Waals surface area contributed by atoms with E-state index >= 15 is 0 Å². The summed E-state index contributed by atoms with van der Waals surface area (Å²) in [5.41, 5.74) is 4.27. The maximum Gasteiger partial charge on any atom is 0.0579 e. The Hall–Kier alpha value is -1.60. The molecule has 0 unspecified atom stereocenters. The highest BCUT2D eigenvalue weighted by molar-refractivity contribution is 5.41. The van der Waals surface area contributed by atoms with E-state index in [1.165, 1.54) is 16.7 Å². The number of hydrogen-bond acceptors (Lipinski definition) is 1. The lowest BCUT2D eigenvalue weighted by molar-refractivity contribution is 0.516. The maximum atomic E-state index is 3.64. The second-order valence-electron chi connectivity index (χ2n) is 4.78. The number of rotatable bonds is 1.